The van der Waals surface area contributed by atoms with Crippen LogP contribution in [0.3, 0.4) is 0 Å². The van der Waals surface area contributed by atoms with Crippen molar-refractivity contribution in [1.29, 1.82) is 0 Å². The summed E-state index contributed by atoms with van der Waals surface area (Å²) < 4.78 is 7.61. The molecule has 0 N–H and O–H groups in total. The van der Waals surface area contributed by atoms with Crippen LogP contribution in [0, 0.1) is 13.8 Å². The van der Waals surface area contributed by atoms with E-state index in [-0.39, 0.29) is 12.4 Å². The summed E-state index contributed by atoms with van der Waals surface area (Å²) in [4.78, 5) is 14.7. The molecule has 0 aliphatic carbocycles. The topological polar surface area (TPSA) is 44.1 Å². The highest BCUT2D eigenvalue weighted by Crippen LogP contribution is 2.39. The Morgan fingerprint density at radius 1 is 0.933 bits per heavy atom. The highest BCUT2D eigenvalue weighted by Gasteiger charge is 2.22. The highest BCUT2D eigenvalue weighted by molar-refractivity contribution is 7.99. The Morgan fingerprint density at radius 3 is 2.33 bits per heavy atom. The van der Waals surface area contributed by atoms with E-state index in [0.717, 1.165) is 32.3 Å². The number of para-hydroxylation sites is 1. The summed E-state index contributed by atoms with van der Waals surface area (Å²) in [6, 6.07) is 27.6. The molecule has 0 saturated heterocycles. The molecule has 0 radical (unpaired) electrons. The molecule has 0 unspecified atom stereocenters. The van der Waals surface area contributed by atoms with Gasteiger partial charge in [0.25, 0.3) is 0 Å². The molecule has 0 aliphatic heterocycles. The second-order valence-electron chi connectivity index (χ2n) is 7.02. The Labute approximate surface area is 180 Å². The van der Waals surface area contributed by atoms with Gasteiger partial charge in [-0.2, -0.15) is 9.78 Å². The second kappa shape index (κ2) is 9.01. The molecule has 0 aliphatic rings. The molecule has 5 heteroatoms. The van der Waals surface area contributed by atoms with Gasteiger partial charge in [0.15, 0.2) is 0 Å². The van der Waals surface area contributed by atoms with Crippen LogP contribution in [0.1, 0.15) is 16.8 Å². The summed E-state index contributed by atoms with van der Waals surface area (Å²) in [6.45, 7) is 3.94. The number of aryl methyl sites for hydroxylation is 2. The minimum absolute atomic E-state index is 0.205. The number of aromatic nitrogens is 2. The summed E-state index contributed by atoms with van der Waals surface area (Å²) >= 11 is 1.55. The molecule has 150 valence electrons. The van der Waals surface area contributed by atoms with E-state index < -0.39 is 0 Å². The zero-order valence-corrected chi connectivity index (χ0v) is 17.7. The van der Waals surface area contributed by atoms with Crippen molar-refractivity contribution in [1.82, 2.24) is 9.78 Å². The summed E-state index contributed by atoms with van der Waals surface area (Å²) in [5, 5.41) is 4.67. The lowest BCUT2D eigenvalue weighted by molar-refractivity contribution is -0.134. The average Bonchev–Trinajstić information content (AvgIpc) is 3.05. The number of nitrogens with zero attached hydrogens (tertiary/aromatic N) is 2. The first-order chi connectivity index (χ1) is 14.6. The van der Waals surface area contributed by atoms with Crippen LogP contribution in [-0.4, -0.2) is 15.7 Å². The van der Waals surface area contributed by atoms with Gasteiger partial charge >= 0.3 is 5.97 Å². The first-order valence-corrected chi connectivity index (χ1v) is 10.6. The summed E-state index contributed by atoms with van der Waals surface area (Å²) in [6.07, 6.45) is 0.205. The first kappa shape index (κ1) is 20.0. The number of carbonyl (C=O) groups excluding carboxylic acids is 1. The highest BCUT2D eigenvalue weighted by atomic mass is 32.2. The molecule has 3 aromatic carbocycles. The average molecular weight is 415 g/mol. The van der Waals surface area contributed by atoms with Gasteiger partial charge in [0.1, 0.15) is 0 Å². The van der Waals surface area contributed by atoms with Gasteiger partial charge in [0.2, 0.25) is 5.88 Å². The van der Waals surface area contributed by atoms with Crippen LogP contribution in [0.5, 0.6) is 5.88 Å². The standard InChI is InChI=1S/C25H22N2O2S/c1-18-10-9-11-20(16-18)17-23(28)29-25-24(30-22-14-7-4-8-15-22)19(2)26-27(25)21-12-5-3-6-13-21/h3-16H,17H2,1-2H3. The normalized spacial score (nSPS) is 10.7. The van der Waals surface area contributed by atoms with E-state index in [2.05, 4.69) is 5.10 Å². The molecule has 4 nitrogen and oxygen atoms in total. The zero-order valence-electron chi connectivity index (χ0n) is 16.9. The Balaban J connectivity index is 1.69. The third-order valence-corrected chi connectivity index (χ3v) is 5.75. The van der Waals surface area contributed by atoms with E-state index in [4.69, 9.17) is 4.74 Å². The molecular formula is C25H22N2O2S. The minimum atomic E-state index is -0.312. The third-order valence-electron chi connectivity index (χ3n) is 4.57. The van der Waals surface area contributed by atoms with Crippen molar-refractivity contribution < 1.29 is 9.53 Å². The molecule has 4 rings (SSSR count). The van der Waals surface area contributed by atoms with E-state index in [1.807, 2.05) is 98.8 Å². The maximum Gasteiger partial charge on any atom is 0.317 e. The van der Waals surface area contributed by atoms with Gasteiger partial charge in [-0.25, -0.2) is 0 Å². The Morgan fingerprint density at radius 2 is 1.63 bits per heavy atom. The Kier molecular flexibility index (Phi) is 6.00. The number of ether oxygens (including phenoxy) is 1. The third kappa shape index (κ3) is 4.63. The zero-order chi connectivity index (χ0) is 20.9. The molecule has 0 saturated carbocycles. The number of carbonyl (C=O) groups is 1. The molecule has 0 atom stereocenters. The monoisotopic (exact) mass is 414 g/mol. The van der Waals surface area contributed by atoms with Crippen LogP contribution in [0.4, 0.5) is 0 Å². The van der Waals surface area contributed by atoms with Crippen molar-refractivity contribution in [3.63, 3.8) is 0 Å². The van der Waals surface area contributed by atoms with Crippen molar-refractivity contribution in [2.24, 2.45) is 0 Å². The maximum absolute atomic E-state index is 12.8. The lowest BCUT2D eigenvalue weighted by Crippen LogP contribution is -2.14. The Bertz CT molecular complexity index is 1150. The largest absolute Gasteiger partial charge is 0.406 e. The molecule has 4 aromatic rings. The quantitative estimate of drug-likeness (QED) is 0.375. The fourth-order valence-electron chi connectivity index (χ4n) is 3.18. The predicted molar refractivity (Wildman–Crippen MR) is 119 cm³/mol. The fourth-order valence-corrected chi connectivity index (χ4v) is 4.12. The van der Waals surface area contributed by atoms with E-state index in [9.17, 15) is 4.79 Å². The molecule has 0 amide bonds. The number of hydrogen-bond acceptors (Lipinski definition) is 4. The molecule has 1 aromatic heterocycles. The van der Waals surface area contributed by atoms with Crippen molar-refractivity contribution >= 4 is 17.7 Å². The number of rotatable bonds is 6. The van der Waals surface area contributed by atoms with Crippen LogP contribution in [0.15, 0.2) is 94.7 Å². The van der Waals surface area contributed by atoms with E-state index in [1.54, 1.807) is 16.4 Å². The van der Waals surface area contributed by atoms with Gasteiger partial charge in [-0.05, 0) is 43.7 Å². The van der Waals surface area contributed by atoms with Gasteiger partial charge in [-0.3, -0.25) is 4.79 Å². The number of hydrogen-bond donors (Lipinski definition) is 0. The van der Waals surface area contributed by atoms with Crippen molar-refractivity contribution in [2.75, 3.05) is 0 Å². The van der Waals surface area contributed by atoms with E-state index >= 15 is 0 Å². The molecule has 1 heterocycles. The molecule has 0 bridgehead atoms. The summed E-state index contributed by atoms with van der Waals surface area (Å²) in [5.74, 6) is 0.137. The van der Waals surface area contributed by atoms with Gasteiger partial charge in [-0.1, -0.05) is 78.0 Å². The molecule has 0 spiro atoms. The minimum Gasteiger partial charge on any atom is -0.406 e. The maximum atomic E-state index is 12.8. The van der Waals surface area contributed by atoms with Gasteiger partial charge in [-0.15, -0.1) is 0 Å². The first-order valence-electron chi connectivity index (χ1n) is 9.74. The van der Waals surface area contributed by atoms with Crippen LogP contribution < -0.4 is 4.74 Å². The summed E-state index contributed by atoms with van der Waals surface area (Å²) in [7, 11) is 0. The lowest BCUT2D eigenvalue weighted by Gasteiger charge is -2.10. The van der Waals surface area contributed by atoms with Crippen LogP contribution in [-0.2, 0) is 11.2 Å². The molecule has 0 fully saturated rings. The van der Waals surface area contributed by atoms with Crippen LogP contribution >= 0.6 is 11.8 Å². The SMILES string of the molecule is Cc1cccc(CC(=O)Oc2c(Sc3ccccc3)c(C)nn2-c2ccccc2)c1. The van der Waals surface area contributed by atoms with Crippen LogP contribution in [0.25, 0.3) is 5.69 Å². The van der Waals surface area contributed by atoms with Crippen molar-refractivity contribution in [3.8, 4) is 11.6 Å². The van der Waals surface area contributed by atoms with Gasteiger partial charge in [0, 0.05) is 4.90 Å². The van der Waals surface area contributed by atoms with Gasteiger partial charge in [0.05, 0.1) is 22.7 Å². The van der Waals surface area contributed by atoms with E-state index in [1.165, 1.54) is 0 Å². The summed E-state index contributed by atoms with van der Waals surface area (Å²) in [5.41, 5.74) is 3.70. The lowest BCUT2D eigenvalue weighted by atomic mass is 10.1. The van der Waals surface area contributed by atoms with Gasteiger partial charge < -0.3 is 4.74 Å². The van der Waals surface area contributed by atoms with Crippen molar-refractivity contribution in [2.45, 2.75) is 30.1 Å². The van der Waals surface area contributed by atoms with Crippen molar-refractivity contribution in [3.05, 3.63) is 102 Å². The predicted octanol–water partition coefficient (Wildman–Crippen LogP) is 5.79. The molecule has 30 heavy (non-hydrogen) atoms. The van der Waals surface area contributed by atoms with Crippen LogP contribution in [0.2, 0.25) is 0 Å². The number of benzene rings is 3. The molecular weight excluding hydrogens is 392 g/mol. The second-order valence-corrected chi connectivity index (χ2v) is 8.11. The van der Waals surface area contributed by atoms with E-state index in [0.29, 0.717) is 5.88 Å². The Hall–Kier alpha value is -3.31. The smallest absolute Gasteiger partial charge is 0.317 e. The number of esters is 1. The fraction of sp³-hybridized carbons (Fsp3) is 0.120.